The zero-order valence-corrected chi connectivity index (χ0v) is 13.2. The summed E-state index contributed by atoms with van der Waals surface area (Å²) in [7, 11) is 0. The number of benzene rings is 1. The van der Waals surface area contributed by atoms with Gasteiger partial charge in [-0.15, -0.1) is 0 Å². The molecule has 0 aromatic heterocycles. The smallest absolute Gasteiger partial charge is 0.317 e. The summed E-state index contributed by atoms with van der Waals surface area (Å²) in [6.07, 6.45) is 4.94. The molecule has 1 saturated heterocycles. The first kappa shape index (κ1) is 15.5. The summed E-state index contributed by atoms with van der Waals surface area (Å²) in [6, 6.07) is 11.5. The maximum Gasteiger partial charge on any atom is 0.317 e. The van der Waals surface area contributed by atoms with Crippen LogP contribution in [0.3, 0.4) is 0 Å². The average molecular weight is 302 g/mol. The minimum Gasteiger partial charge on any atom is -0.480 e. The van der Waals surface area contributed by atoms with Gasteiger partial charge in [0.25, 0.3) is 0 Å². The number of likely N-dealkylation sites (tertiary alicyclic amines) is 1. The Balaban J connectivity index is 1.49. The zero-order valence-electron chi connectivity index (χ0n) is 13.2. The van der Waals surface area contributed by atoms with Crippen LogP contribution in [0.25, 0.3) is 0 Å². The van der Waals surface area contributed by atoms with Gasteiger partial charge in [0.05, 0.1) is 6.54 Å². The van der Waals surface area contributed by atoms with E-state index in [0.29, 0.717) is 5.92 Å². The predicted molar refractivity (Wildman–Crippen MR) is 86.7 cm³/mol. The highest BCUT2D eigenvalue weighted by atomic mass is 16.4. The van der Waals surface area contributed by atoms with Crippen molar-refractivity contribution < 1.29 is 9.90 Å². The summed E-state index contributed by atoms with van der Waals surface area (Å²) < 4.78 is 0. The van der Waals surface area contributed by atoms with Gasteiger partial charge < -0.3 is 5.11 Å². The monoisotopic (exact) mass is 302 g/mol. The second-order valence-corrected chi connectivity index (χ2v) is 6.76. The van der Waals surface area contributed by atoms with Crippen molar-refractivity contribution in [1.29, 1.82) is 0 Å². The molecule has 0 atom stereocenters. The number of hydrogen-bond donors (Lipinski definition) is 1. The minimum atomic E-state index is -0.706. The molecular formula is C18H26N2O2. The minimum absolute atomic E-state index is 0.197. The maximum absolute atomic E-state index is 10.8. The third-order valence-corrected chi connectivity index (χ3v) is 4.85. The van der Waals surface area contributed by atoms with Crippen LogP contribution in [-0.4, -0.2) is 53.1 Å². The lowest BCUT2D eigenvalue weighted by molar-refractivity contribution is -0.138. The van der Waals surface area contributed by atoms with Gasteiger partial charge in [0.2, 0.25) is 0 Å². The summed E-state index contributed by atoms with van der Waals surface area (Å²) in [5.74, 6) is 0.0106. The van der Waals surface area contributed by atoms with Crippen molar-refractivity contribution in [1.82, 2.24) is 9.80 Å². The number of rotatable bonds is 7. The summed E-state index contributed by atoms with van der Waals surface area (Å²) in [4.78, 5) is 15.5. The fraction of sp³-hybridized carbons (Fsp3) is 0.611. The van der Waals surface area contributed by atoms with E-state index in [2.05, 4.69) is 40.1 Å². The van der Waals surface area contributed by atoms with Crippen molar-refractivity contribution in [3.63, 3.8) is 0 Å². The Hall–Kier alpha value is -1.39. The van der Waals surface area contributed by atoms with E-state index in [1.54, 1.807) is 0 Å². The van der Waals surface area contributed by atoms with Gasteiger partial charge in [0.1, 0.15) is 0 Å². The van der Waals surface area contributed by atoms with Gasteiger partial charge in [0, 0.05) is 19.1 Å². The fourth-order valence-corrected chi connectivity index (χ4v) is 3.45. The highest BCUT2D eigenvalue weighted by Gasteiger charge is 2.31. The van der Waals surface area contributed by atoms with E-state index in [-0.39, 0.29) is 6.54 Å². The summed E-state index contributed by atoms with van der Waals surface area (Å²) in [5.41, 5.74) is 1.40. The third kappa shape index (κ3) is 4.55. The molecule has 3 rings (SSSR count). The maximum atomic E-state index is 10.8. The van der Waals surface area contributed by atoms with Crippen molar-refractivity contribution >= 4 is 5.97 Å². The first-order chi connectivity index (χ1) is 10.7. The molecule has 1 aliphatic carbocycles. The molecule has 2 aliphatic rings. The summed E-state index contributed by atoms with van der Waals surface area (Å²) >= 11 is 0. The van der Waals surface area contributed by atoms with Crippen LogP contribution in [0.2, 0.25) is 0 Å². The van der Waals surface area contributed by atoms with Crippen LogP contribution >= 0.6 is 0 Å². The lowest BCUT2D eigenvalue weighted by atomic mass is 9.96. The molecule has 22 heavy (non-hydrogen) atoms. The Morgan fingerprint density at radius 3 is 2.41 bits per heavy atom. The van der Waals surface area contributed by atoms with Crippen molar-refractivity contribution in [2.45, 2.75) is 38.3 Å². The Kier molecular flexibility index (Phi) is 5.11. The van der Waals surface area contributed by atoms with Gasteiger partial charge in [-0.2, -0.15) is 0 Å². The van der Waals surface area contributed by atoms with Crippen LogP contribution in [0, 0.1) is 5.92 Å². The Morgan fingerprint density at radius 1 is 1.14 bits per heavy atom. The first-order valence-electron chi connectivity index (χ1n) is 8.43. The molecule has 2 fully saturated rings. The van der Waals surface area contributed by atoms with E-state index >= 15 is 0 Å². The van der Waals surface area contributed by atoms with Crippen molar-refractivity contribution in [3.05, 3.63) is 35.9 Å². The number of aliphatic carboxylic acids is 1. The molecule has 0 bridgehead atoms. The molecule has 1 aromatic rings. The van der Waals surface area contributed by atoms with Crippen LogP contribution in [0.1, 0.15) is 31.2 Å². The van der Waals surface area contributed by atoms with Gasteiger partial charge in [-0.3, -0.25) is 14.6 Å². The van der Waals surface area contributed by atoms with Crippen LogP contribution in [0.5, 0.6) is 0 Å². The number of carboxylic acids is 1. The number of piperidine rings is 1. The molecular weight excluding hydrogens is 276 g/mol. The molecule has 120 valence electrons. The lowest BCUT2D eigenvalue weighted by Crippen LogP contribution is -2.41. The molecule has 1 heterocycles. The van der Waals surface area contributed by atoms with Crippen molar-refractivity contribution in [2.24, 2.45) is 5.92 Å². The Labute approximate surface area is 132 Å². The van der Waals surface area contributed by atoms with Gasteiger partial charge in [0.15, 0.2) is 0 Å². The molecule has 4 nitrogen and oxygen atoms in total. The average Bonchev–Trinajstić information content (AvgIpc) is 3.34. The molecule has 1 aliphatic heterocycles. The van der Waals surface area contributed by atoms with E-state index in [1.165, 1.54) is 24.9 Å². The van der Waals surface area contributed by atoms with Crippen molar-refractivity contribution in [3.8, 4) is 0 Å². The molecule has 0 spiro atoms. The molecule has 1 aromatic carbocycles. The number of hydrogen-bond acceptors (Lipinski definition) is 3. The fourth-order valence-electron chi connectivity index (χ4n) is 3.45. The standard InChI is InChI=1S/C18H26N2O2/c21-18(22)14-19-10-8-16(9-11-19)13-20(17-6-7-17)12-15-4-2-1-3-5-15/h1-5,16-17H,6-14H2,(H,21,22). The van der Waals surface area contributed by atoms with Crippen molar-refractivity contribution in [2.75, 3.05) is 26.2 Å². The number of carbonyl (C=O) groups is 1. The van der Waals surface area contributed by atoms with Gasteiger partial charge in [-0.25, -0.2) is 0 Å². The molecule has 0 radical (unpaired) electrons. The van der Waals surface area contributed by atoms with E-state index < -0.39 is 5.97 Å². The van der Waals surface area contributed by atoms with Crippen LogP contribution < -0.4 is 0 Å². The SMILES string of the molecule is O=C(O)CN1CCC(CN(Cc2ccccc2)C2CC2)CC1. The highest BCUT2D eigenvalue weighted by molar-refractivity contribution is 5.69. The second-order valence-electron chi connectivity index (χ2n) is 6.76. The normalized spacial score (nSPS) is 20.4. The Morgan fingerprint density at radius 2 is 1.82 bits per heavy atom. The van der Waals surface area contributed by atoms with Crippen LogP contribution in [0.4, 0.5) is 0 Å². The third-order valence-electron chi connectivity index (χ3n) is 4.85. The number of carboxylic acid groups (broad SMARTS) is 1. The van der Waals surface area contributed by atoms with Crippen LogP contribution in [0.15, 0.2) is 30.3 Å². The van der Waals surface area contributed by atoms with E-state index in [9.17, 15) is 4.79 Å². The van der Waals surface area contributed by atoms with Gasteiger partial charge in [-0.1, -0.05) is 30.3 Å². The molecule has 1 saturated carbocycles. The largest absolute Gasteiger partial charge is 0.480 e. The Bertz CT molecular complexity index is 479. The summed E-state index contributed by atoms with van der Waals surface area (Å²) in [6.45, 7) is 4.28. The van der Waals surface area contributed by atoms with E-state index in [1.807, 2.05) is 0 Å². The lowest BCUT2D eigenvalue weighted by Gasteiger charge is -2.34. The second kappa shape index (κ2) is 7.25. The molecule has 4 heteroatoms. The zero-order chi connectivity index (χ0) is 15.4. The summed E-state index contributed by atoms with van der Waals surface area (Å²) in [5, 5.41) is 8.87. The van der Waals surface area contributed by atoms with Gasteiger partial charge >= 0.3 is 5.97 Å². The number of nitrogens with zero attached hydrogens (tertiary/aromatic N) is 2. The quantitative estimate of drug-likeness (QED) is 0.840. The van der Waals surface area contributed by atoms with E-state index in [4.69, 9.17) is 5.11 Å². The van der Waals surface area contributed by atoms with Gasteiger partial charge in [-0.05, 0) is 50.3 Å². The predicted octanol–water partition coefficient (Wildman–Crippen LogP) is 2.45. The van der Waals surface area contributed by atoms with E-state index in [0.717, 1.165) is 38.5 Å². The molecule has 0 unspecified atom stereocenters. The molecule has 0 amide bonds. The highest BCUT2D eigenvalue weighted by Crippen LogP contribution is 2.30. The first-order valence-corrected chi connectivity index (χ1v) is 8.43. The topological polar surface area (TPSA) is 43.8 Å². The van der Waals surface area contributed by atoms with Crippen LogP contribution in [-0.2, 0) is 11.3 Å². The molecule has 1 N–H and O–H groups in total.